The van der Waals surface area contributed by atoms with Crippen LogP contribution in [-0.2, 0) is 16.9 Å². The molecule has 136 valence electrons. The molecule has 1 unspecified atom stereocenters. The Labute approximate surface area is 165 Å². The van der Waals surface area contributed by atoms with Gasteiger partial charge in [-0.05, 0) is 28.8 Å². The summed E-state index contributed by atoms with van der Waals surface area (Å²) in [4.78, 5) is 6.82. The van der Waals surface area contributed by atoms with Gasteiger partial charge in [-0.3, -0.25) is 0 Å². The smallest absolute Gasteiger partial charge is 0.292 e. The minimum atomic E-state index is -0.838. The molecule has 1 aromatic heterocycles. The lowest BCUT2D eigenvalue weighted by atomic mass is 9.99. The monoisotopic (exact) mass is 396 g/mol. The second-order valence-electron chi connectivity index (χ2n) is 6.40. The number of aromatic hydroxyl groups is 1. The first-order chi connectivity index (χ1) is 13.0. The second-order valence-corrected chi connectivity index (χ2v) is 8.24. The van der Waals surface area contributed by atoms with E-state index < -0.39 is 11.2 Å². The van der Waals surface area contributed by atoms with E-state index in [9.17, 15) is 9.66 Å². The van der Waals surface area contributed by atoms with Crippen molar-refractivity contribution >= 4 is 33.8 Å². The lowest BCUT2D eigenvalue weighted by Crippen LogP contribution is -2.00. The maximum absolute atomic E-state index is 11.3. The van der Waals surface area contributed by atoms with Crippen molar-refractivity contribution in [1.82, 2.24) is 9.97 Å². The van der Waals surface area contributed by atoms with E-state index in [1.165, 1.54) is 0 Å². The number of nitrogens with zero attached hydrogens (tertiary/aromatic N) is 1. The Morgan fingerprint density at radius 3 is 2.22 bits per heavy atom. The first kappa shape index (κ1) is 17.9. The second kappa shape index (κ2) is 7.27. The highest BCUT2D eigenvalue weighted by atomic mass is 35.5. The third kappa shape index (κ3) is 3.81. The summed E-state index contributed by atoms with van der Waals surface area (Å²) in [6.45, 7) is 0. The predicted molar refractivity (Wildman–Crippen MR) is 111 cm³/mol. The van der Waals surface area contributed by atoms with Crippen molar-refractivity contribution in [1.29, 1.82) is 0 Å². The number of benzene rings is 3. The Balaban J connectivity index is 1.63. The molecule has 4 rings (SSSR count). The van der Waals surface area contributed by atoms with E-state index in [-0.39, 0.29) is 6.01 Å². The molecule has 0 bridgehead atoms. The van der Waals surface area contributed by atoms with E-state index in [2.05, 4.69) is 9.97 Å². The normalized spacial score (nSPS) is 12.4. The fraction of sp³-hybridized carbons (Fsp3) is 0.0952. The van der Waals surface area contributed by atoms with Crippen LogP contribution in [0.5, 0.6) is 6.01 Å². The van der Waals surface area contributed by atoms with Crippen LogP contribution in [0.2, 0.25) is 5.02 Å². The average Bonchev–Trinajstić information content (AvgIpc) is 3.00. The summed E-state index contributed by atoms with van der Waals surface area (Å²) in [6.07, 6.45) is 1.71. The topological polar surface area (TPSA) is 72.0 Å². The number of H-pyrrole nitrogens is 1. The van der Waals surface area contributed by atoms with Crippen LogP contribution in [0.1, 0.15) is 5.56 Å². The van der Waals surface area contributed by atoms with Crippen molar-refractivity contribution in [3.63, 3.8) is 0 Å². The van der Waals surface area contributed by atoms with Crippen LogP contribution >= 0.6 is 11.6 Å². The summed E-state index contributed by atoms with van der Waals surface area (Å²) in [5.41, 5.74) is 6.47. The molecule has 1 heterocycles. The molecule has 4 aromatic rings. The van der Waals surface area contributed by atoms with Crippen molar-refractivity contribution in [2.24, 2.45) is 0 Å². The molecule has 27 heavy (non-hydrogen) atoms. The number of aromatic amines is 1. The SMILES string of the molecule is C[S+]([O-])Cc1ccc(-c2ccc(-c3cc4nc(O)[nH]c4cc3Cl)cc2)cc1. The Bertz CT molecular complexity index is 1090. The molecular weight excluding hydrogens is 380 g/mol. The van der Waals surface area contributed by atoms with Gasteiger partial charge >= 0.3 is 0 Å². The molecule has 3 aromatic carbocycles. The highest BCUT2D eigenvalue weighted by molar-refractivity contribution is 7.89. The van der Waals surface area contributed by atoms with Gasteiger partial charge in [0.2, 0.25) is 0 Å². The lowest BCUT2D eigenvalue weighted by molar-refractivity contribution is 0.438. The van der Waals surface area contributed by atoms with Crippen LogP contribution in [0.4, 0.5) is 0 Å². The highest BCUT2D eigenvalue weighted by Crippen LogP contribution is 2.33. The van der Waals surface area contributed by atoms with E-state index in [0.29, 0.717) is 21.8 Å². The molecule has 0 radical (unpaired) electrons. The van der Waals surface area contributed by atoms with Gasteiger partial charge in [0.15, 0.2) is 0 Å². The predicted octanol–water partition coefficient (Wildman–Crippen LogP) is 5.13. The van der Waals surface area contributed by atoms with Gasteiger partial charge in [0.05, 0.1) is 22.3 Å². The van der Waals surface area contributed by atoms with E-state index >= 15 is 0 Å². The van der Waals surface area contributed by atoms with Crippen LogP contribution in [0.25, 0.3) is 33.3 Å². The molecule has 2 N–H and O–H groups in total. The molecule has 0 amide bonds. The van der Waals surface area contributed by atoms with E-state index in [1.807, 2.05) is 54.6 Å². The quantitative estimate of drug-likeness (QED) is 0.469. The van der Waals surface area contributed by atoms with E-state index in [4.69, 9.17) is 11.6 Å². The Morgan fingerprint density at radius 2 is 1.59 bits per heavy atom. The highest BCUT2D eigenvalue weighted by Gasteiger charge is 2.10. The fourth-order valence-electron chi connectivity index (χ4n) is 3.11. The average molecular weight is 397 g/mol. The molecule has 0 aliphatic carbocycles. The summed E-state index contributed by atoms with van der Waals surface area (Å²) >= 11 is 5.57. The Morgan fingerprint density at radius 1 is 1.00 bits per heavy atom. The number of fused-ring (bicyclic) bond motifs is 1. The zero-order chi connectivity index (χ0) is 19.0. The third-order valence-electron chi connectivity index (χ3n) is 4.41. The molecule has 0 fully saturated rings. The first-order valence-corrected chi connectivity index (χ1v) is 10.5. The van der Waals surface area contributed by atoms with Gasteiger partial charge in [-0.15, -0.1) is 0 Å². The summed E-state index contributed by atoms with van der Waals surface area (Å²) in [6, 6.07) is 19.8. The van der Waals surface area contributed by atoms with Gasteiger partial charge in [-0.1, -0.05) is 71.3 Å². The molecule has 1 atom stereocenters. The fourth-order valence-corrected chi connectivity index (χ4v) is 4.04. The lowest BCUT2D eigenvalue weighted by Gasteiger charge is -2.08. The molecule has 4 nitrogen and oxygen atoms in total. The van der Waals surface area contributed by atoms with Gasteiger partial charge in [-0.25, -0.2) is 0 Å². The number of aromatic nitrogens is 2. The van der Waals surface area contributed by atoms with Crippen LogP contribution < -0.4 is 0 Å². The van der Waals surface area contributed by atoms with Crippen LogP contribution in [-0.4, -0.2) is 25.9 Å². The van der Waals surface area contributed by atoms with Gasteiger partial charge in [0.1, 0.15) is 5.75 Å². The number of imidazole rings is 1. The molecule has 6 heteroatoms. The molecule has 0 aliphatic heterocycles. The zero-order valence-corrected chi connectivity index (χ0v) is 16.1. The summed E-state index contributed by atoms with van der Waals surface area (Å²) < 4.78 is 11.3. The summed E-state index contributed by atoms with van der Waals surface area (Å²) in [5, 5.41) is 10.1. The number of nitrogens with one attached hydrogen (secondary N) is 1. The summed E-state index contributed by atoms with van der Waals surface area (Å²) in [5.74, 6) is 0.572. The van der Waals surface area contributed by atoms with E-state index in [1.54, 1.807) is 12.3 Å². The maximum Gasteiger partial charge on any atom is 0.292 e. The molecule has 0 saturated carbocycles. The minimum Gasteiger partial charge on any atom is -0.616 e. The third-order valence-corrected chi connectivity index (χ3v) is 5.46. The van der Waals surface area contributed by atoms with E-state index in [0.717, 1.165) is 27.8 Å². The molecule has 0 spiro atoms. The summed E-state index contributed by atoms with van der Waals surface area (Å²) in [7, 11) is 0. The van der Waals surface area contributed by atoms with Crippen molar-refractivity contribution < 1.29 is 9.66 Å². The number of halogens is 1. The van der Waals surface area contributed by atoms with Gasteiger partial charge < -0.3 is 14.6 Å². The number of hydrogen-bond acceptors (Lipinski definition) is 3. The van der Waals surface area contributed by atoms with Crippen LogP contribution in [0, 0.1) is 0 Å². The molecule has 0 aliphatic rings. The largest absolute Gasteiger partial charge is 0.616 e. The standard InChI is InChI=1S/C21H17ClN2O2S/c1-27(26)12-13-2-4-14(5-3-13)15-6-8-16(9-7-15)17-10-19-20(11-18(17)22)24-21(25)23-19/h2-11H,12H2,1H3,(H2,23,24,25). The van der Waals surface area contributed by atoms with Crippen molar-refractivity contribution in [3.05, 3.63) is 71.2 Å². The number of rotatable bonds is 4. The van der Waals surface area contributed by atoms with Crippen molar-refractivity contribution in [3.8, 4) is 28.3 Å². The molecular formula is C21H17ClN2O2S. The van der Waals surface area contributed by atoms with Crippen molar-refractivity contribution in [2.75, 3.05) is 6.26 Å². The number of hydrogen-bond donors (Lipinski definition) is 2. The Hall–Kier alpha value is -2.47. The molecule has 0 saturated heterocycles. The van der Waals surface area contributed by atoms with Crippen LogP contribution in [0.3, 0.4) is 0 Å². The van der Waals surface area contributed by atoms with Crippen LogP contribution in [0.15, 0.2) is 60.7 Å². The minimum absolute atomic E-state index is 0.121. The van der Waals surface area contributed by atoms with Gasteiger partial charge in [0, 0.05) is 11.1 Å². The zero-order valence-electron chi connectivity index (χ0n) is 14.6. The van der Waals surface area contributed by atoms with Gasteiger partial charge in [-0.2, -0.15) is 4.98 Å². The maximum atomic E-state index is 11.3. The first-order valence-electron chi connectivity index (χ1n) is 8.37. The van der Waals surface area contributed by atoms with Crippen molar-refractivity contribution in [2.45, 2.75) is 5.75 Å². The van der Waals surface area contributed by atoms with Gasteiger partial charge in [0.25, 0.3) is 6.01 Å². The Kier molecular flexibility index (Phi) is 4.83.